The molecular formula is C14H17N3O2S. The Morgan fingerprint density at radius 3 is 3.20 bits per heavy atom. The van der Waals surface area contributed by atoms with Crippen LogP contribution in [0.25, 0.3) is 10.2 Å². The molecule has 2 heterocycles. The number of ether oxygens (including phenoxy) is 1. The van der Waals surface area contributed by atoms with Crippen LogP contribution in [0, 0.1) is 0 Å². The van der Waals surface area contributed by atoms with Crippen LogP contribution in [-0.4, -0.2) is 30.1 Å². The second kappa shape index (κ2) is 5.66. The lowest BCUT2D eigenvalue weighted by molar-refractivity contribution is -0.119. The number of benzene rings is 1. The number of hydrogen-bond donors (Lipinski definition) is 2. The van der Waals surface area contributed by atoms with Crippen LogP contribution in [0.3, 0.4) is 0 Å². The second-order valence-corrected chi connectivity index (χ2v) is 5.80. The molecule has 0 spiro atoms. The number of carbonyl (C=O) groups excluding carboxylic acids is 1. The lowest BCUT2D eigenvalue weighted by Crippen LogP contribution is -2.31. The maximum absolute atomic E-state index is 11.1. The molecule has 1 unspecified atom stereocenters. The van der Waals surface area contributed by atoms with Crippen LogP contribution in [-0.2, 0) is 4.79 Å². The van der Waals surface area contributed by atoms with Crippen LogP contribution in [0.4, 0.5) is 5.13 Å². The minimum atomic E-state index is 0.141. The molecule has 0 radical (unpaired) electrons. The lowest BCUT2D eigenvalue weighted by Gasteiger charge is -2.09. The van der Waals surface area contributed by atoms with Gasteiger partial charge in [-0.3, -0.25) is 4.79 Å². The molecule has 2 N–H and O–H groups in total. The number of aromatic nitrogens is 1. The summed E-state index contributed by atoms with van der Waals surface area (Å²) >= 11 is 1.61. The smallest absolute Gasteiger partial charge is 0.220 e. The van der Waals surface area contributed by atoms with E-state index in [9.17, 15) is 4.79 Å². The Balaban J connectivity index is 1.67. The Morgan fingerprint density at radius 2 is 2.45 bits per heavy atom. The first-order valence-electron chi connectivity index (χ1n) is 6.81. The van der Waals surface area contributed by atoms with Gasteiger partial charge < -0.3 is 15.4 Å². The number of rotatable bonds is 5. The van der Waals surface area contributed by atoms with Crippen molar-refractivity contribution in [3.8, 4) is 5.75 Å². The van der Waals surface area contributed by atoms with Gasteiger partial charge in [0.2, 0.25) is 5.91 Å². The first-order chi connectivity index (χ1) is 9.74. The molecule has 20 heavy (non-hydrogen) atoms. The van der Waals surface area contributed by atoms with Crippen molar-refractivity contribution in [1.82, 2.24) is 10.3 Å². The first-order valence-corrected chi connectivity index (χ1v) is 7.63. The number of thiazole rings is 1. The average Bonchev–Trinajstić information content (AvgIpc) is 3.02. The van der Waals surface area contributed by atoms with Gasteiger partial charge in [-0.05, 0) is 31.5 Å². The summed E-state index contributed by atoms with van der Waals surface area (Å²) in [4.78, 5) is 15.7. The molecular weight excluding hydrogens is 274 g/mol. The fourth-order valence-corrected chi connectivity index (χ4v) is 3.18. The van der Waals surface area contributed by atoms with E-state index in [0.717, 1.165) is 34.1 Å². The molecule has 106 valence electrons. The molecule has 5 nitrogen and oxygen atoms in total. The van der Waals surface area contributed by atoms with E-state index in [2.05, 4.69) is 15.6 Å². The van der Waals surface area contributed by atoms with Crippen molar-refractivity contribution in [2.45, 2.75) is 25.8 Å². The summed E-state index contributed by atoms with van der Waals surface area (Å²) in [6.07, 6.45) is 1.52. The normalized spacial score (nSPS) is 18.2. The minimum Gasteiger partial charge on any atom is -0.494 e. The number of amides is 1. The largest absolute Gasteiger partial charge is 0.494 e. The van der Waals surface area contributed by atoms with Gasteiger partial charge in [0.25, 0.3) is 0 Å². The van der Waals surface area contributed by atoms with Crippen molar-refractivity contribution in [2.24, 2.45) is 0 Å². The van der Waals surface area contributed by atoms with Gasteiger partial charge in [0, 0.05) is 19.0 Å². The highest BCUT2D eigenvalue weighted by Crippen LogP contribution is 2.29. The summed E-state index contributed by atoms with van der Waals surface area (Å²) in [6.45, 7) is 3.36. The number of anilines is 1. The number of nitrogens with one attached hydrogen (secondary N) is 2. The van der Waals surface area contributed by atoms with Gasteiger partial charge >= 0.3 is 0 Å². The van der Waals surface area contributed by atoms with Crippen LogP contribution < -0.4 is 15.4 Å². The molecule has 1 aliphatic heterocycles. The van der Waals surface area contributed by atoms with E-state index < -0.39 is 0 Å². The number of fused-ring (bicyclic) bond motifs is 1. The van der Waals surface area contributed by atoms with Gasteiger partial charge in [0.05, 0.1) is 16.8 Å². The summed E-state index contributed by atoms with van der Waals surface area (Å²) in [7, 11) is 0. The van der Waals surface area contributed by atoms with Crippen molar-refractivity contribution in [3.63, 3.8) is 0 Å². The highest BCUT2D eigenvalue weighted by Gasteiger charge is 2.20. The van der Waals surface area contributed by atoms with Crippen molar-refractivity contribution in [2.75, 3.05) is 18.5 Å². The second-order valence-electron chi connectivity index (χ2n) is 4.77. The van der Waals surface area contributed by atoms with E-state index in [1.807, 2.05) is 25.1 Å². The van der Waals surface area contributed by atoms with E-state index in [1.54, 1.807) is 11.3 Å². The number of carbonyl (C=O) groups is 1. The van der Waals surface area contributed by atoms with Gasteiger partial charge in [-0.15, -0.1) is 0 Å². The fraction of sp³-hybridized carbons (Fsp3) is 0.429. The molecule has 0 aliphatic carbocycles. The molecule has 6 heteroatoms. The van der Waals surface area contributed by atoms with E-state index in [0.29, 0.717) is 13.0 Å². The first kappa shape index (κ1) is 13.2. The highest BCUT2D eigenvalue weighted by atomic mass is 32.1. The number of nitrogens with zero attached hydrogens (tertiary/aromatic N) is 1. The molecule has 1 atom stereocenters. The van der Waals surface area contributed by atoms with E-state index in [1.165, 1.54) is 0 Å². The van der Waals surface area contributed by atoms with Gasteiger partial charge in [-0.2, -0.15) is 0 Å². The molecule has 1 fully saturated rings. The van der Waals surface area contributed by atoms with Gasteiger partial charge in [-0.25, -0.2) is 4.98 Å². The SMILES string of the molecule is CCOc1ccc2nc(NCC3CCC(=O)N3)sc2c1. The average molecular weight is 291 g/mol. The Bertz CT molecular complexity index is 626. The Hall–Kier alpha value is -1.82. The molecule has 1 aromatic carbocycles. The Labute approximate surface area is 121 Å². The zero-order valence-electron chi connectivity index (χ0n) is 11.3. The number of hydrogen-bond acceptors (Lipinski definition) is 5. The van der Waals surface area contributed by atoms with E-state index >= 15 is 0 Å². The van der Waals surface area contributed by atoms with Gasteiger partial charge in [0.15, 0.2) is 5.13 Å². The molecule has 1 saturated heterocycles. The highest BCUT2D eigenvalue weighted by molar-refractivity contribution is 7.22. The molecule has 1 aliphatic rings. The summed E-state index contributed by atoms with van der Waals surface area (Å²) in [5.74, 6) is 1.01. The van der Waals surface area contributed by atoms with Crippen molar-refractivity contribution in [3.05, 3.63) is 18.2 Å². The Morgan fingerprint density at radius 1 is 1.55 bits per heavy atom. The van der Waals surface area contributed by atoms with Gasteiger partial charge in [-0.1, -0.05) is 11.3 Å². The van der Waals surface area contributed by atoms with Crippen LogP contribution in [0.15, 0.2) is 18.2 Å². The van der Waals surface area contributed by atoms with Crippen molar-refractivity contribution < 1.29 is 9.53 Å². The zero-order chi connectivity index (χ0) is 13.9. The lowest BCUT2D eigenvalue weighted by atomic mass is 10.2. The molecule has 2 aromatic rings. The summed E-state index contributed by atoms with van der Waals surface area (Å²) in [5, 5.41) is 7.12. The third-order valence-corrected chi connectivity index (χ3v) is 4.23. The third kappa shape index (κ3) is 2.85. The molecule has 1 amide bonds. The monoisotopic (exact) mass is 291 g/mol. The minimum absolute atomic E-state index is 0.141. The fourth-order valence-electron chi connectivity index (χ4n) is 2.28. The standard InChI is InChI=1S/C14H17N3O2S/c1-2-19-10-4-5-11-12(7-10)20-14(17-11)15-8-9-3-6-13(18)16-9/h4-5,7,9H,2-3,6,8H2,1H3,(H,15,17)(H,16,18). The predicted molar refractivity (Wildman–Crippen MR) is 80.4 cm³/mol. The summed E-state index contributed by atoms with van der Waals surface area (Å²) < 4.78 is 6.59. The maximum atomic E-state index is 11.1. The quantitative estimate of drug-likeness (QED) is 0.888. The predicted octanol–water partition coefficient (Wildman–Crippen LogP) is 2.39. The van der Waals surface area contributed by atoms with Gasteiger partial charge in [0.1, 0.15) is 5.75 Å². The van der Waals surface area contributed by atoms with Crippen LogP contribution >= 0.6 is 11.3 Å². The Kier molecular flexibility index (Phi) is 3.73. The molecule has 3 rings (SSSR count). The maximum Gasteiger partial charge on any atom is 0.220 e. The van der Waals surface area contributed by atoms with Crippen LogP contribution in [0.1, 0.15) is 19.8 Å². The van der Waals surface area contributed by atoms with Crippen LogP contribution in [0.2, 0.25) is 0 Å². The molecule has 1 aromatic heterocycles. The van der Waals surface area contributed by atoms with Crippen molar-refractivity contribution >= 4 is 32.6 Å². The topological polar surface area (TPSA) is 63.2 Å². The van der Waals surface area contributed by atoms with Crippen LogP contribution in [0.5, 0.6) is 5.75 Å². The van der Waals surface area contributed by atoms with Crippen molar-refractivity contribution in [1.29, 1.82) is 0 Å². The van der Waals surface area contributed by atoms with E-state index in [4.69, 9.17) is 4.74 Å². The zero-order valence-corrected chi connectivity index (χ0v) is 12.1. The summed E-state index contributed by atoms with van der Waals surface area (Å²) in [6, 6.07) is 6.14. The summed E-state index contributed by atoms with van der Waals surface area (Å²) in [5.41, 5.74) is 0.969. The molecule has 0 bridgehead atoms. The third-order valence-electron chi connectivity index (χ3n) is 3.26. The van der Waals surface area contributed by atoms with E-state index in [-0.39, 0.29) is 11.9 Å². The molecule has 0 saturated carbocycles.